The summed E-state index contributed by atoms with van der Waals surface area (Å²) < 4.78 is 17.4. The van der Waals surface area contributed by atoms with E-state index in [-0.39, 0.29) is 11.7 Å². The molecule has 1 N–H and O–H groups in total. The Kier molecular flexibility index (Phi) is 4.95. The van der Waals surface area contributed by atoms with E-state index in [1.807, 2.05) is 32.2 Å². The van der Waals surface area contributed by atoms with Crippen LogP contribution < -0.4 is 5.32 Å². The van der Waals surface area contributed by atoms with Gasteiger partial charge in [0.2, 0.25) is 0 Å². The standard InChI is InChI=1S/C22H20FN5O/c1-15-10-11-25-28(15)19-8-6-16(7-9-19)22(29)26-20(21-24-12-13-27(21)2)17-4-3-5-18(23)14-17/h3-14,20H,1-2H3,(H,26,29). The summed E-state index contributed by atoms with van der Waals surface area (Å²) in [5.41, 5.74) is 2.99. The zero-order chi connectivity index (χ0) is 20.4. The molecule has 2 heterocycles. The summed E-state index contributed by atoms with van der Waals surface area (Å²) in [7, 11) is 1.84. The molecule has 4 aromatic rings. The molecule has 146 valence electrons. The molecule has 0 spiro atoms. The van der Waals surface area contributed by atoms with Crippen LogP contribution in [0.15, 0.2) is 73.2 Å². The Balaban J connectivity index is 1.61. The number of benzene rings is 2. The number of imidazole rings is 1. The predicted molar refractivity (Wildman–Crippen MR) is 107 cm³/mol. The third-order valence-corrected chi connectivity index (χ3v) is 4.78. The second kappa shape index (κ2) is 7.71. The Morgan fingerprint density at radius 2 is 1.90 bits per heavy atom. The molecular formula is C22H20FN5O. The van der Waals surface area contributed by atoms with Gasteiger partial charge < -0.3 is 9.88 Å². The molecule has 0 saturated heterocycles. The van der Waals surface area contributed by atoms with Gasteiger partial charge in [-0.05, 0) is 55.0 Å². The number of hydrogen-bond acceptors (Lipinski definition) is 3. The van der Waals surface area contributed by atoms with Crippen molar-refractivity contribution in [2.45, 2.75) is 13.0 Å². The summed E-state index contributed by atoms with van der Waals surface area (Å²) >= 11 is 0. The normalized spacial score (nSPS) is 12.0. The Bertz CT molecular complexity index is 1150. The first-order chi connectivity index (χ1) is 14.0. The van der Waals surface area contributed by atoms with Gasteiger partial charge in [0.1, 0.15) is 17.7 Å². The highest BCUT2D eigenvalue weighted by Gasteiger charge is 2.22. The van der Waals surface area contributed by atoms with Gasteiger partial charge in [-0.3, -0.25) is 4.79 Å². The van der Waals surface area contributed by atoms with Crippen molar-refractivity contribution in [2.24, 2.45) is 7.05 Å². The number of aromatic nitrogens is 4. The fraction of sp³-hybridized carbons (Fsp3) is 0.136. The van der Waals surface area contributed by atoms with Crippen molar-refractivity contribution in [1.29, 1.82) is 0 Å². The van der Waals surface area contributed by atoms with E-state index in [0.29, 0.717) is 17.0 Å². The van der Waals surface area contributed by atoms with Gasteiger partial charge in [0.25, 0.3) is 5.91 Å². The van der Waals surface area contributed by atoms with Gasteiger partial charge in [-0.2, -0.15) is 5.10 Å². The zero-order valence-electron chi connectivity index (χ0n) is 16.1. The summed E-state index contributed by atoms with van der Waals surface area (Å²) in [6.45, 7) is 1.96. The molecule has 2 aromatic carbocycles. The van der Waals surface area contributed by atoms with Crippen LogP contribution in [0.4, 0.5) is 4.39 Å². The summed E-state index contributed by atoms with van der Waals surface area (Å²) in [6.07, 6.45) is 5.16. The molecule has 0 aliphatic heterocycles. The first-order valence-corrected chi connectivity index (χ1v) is 9.17. The SMILES string of the molecule is Cc1ccnn1-c1ccc(C(=O)NC(c2cccc(F)c2)c2nccn2C)cc1. The minimum absolute atomic E-state index is 0.272. The third-order valence-electron chi connectivity index (χ3n) is 4.78. The maximum absolute atomic E-state index is 13.8. The first kappa shape index (κ1) is 18.6. The second-order valence-corrected chi connectivity index (χ2v) is 6.79. The smallest absolute Gasteiger partial charge is 0.252 e. The van der Waals surface area contributed by atoms with Crippen LogP contribution in [0.3, 0.4) is 0 Å². The van der Waals surface area contributed by atoms with Gasteiger partial charge in [-0.1, -0.05) is 12.1 Å². The zero-order valence-corrected chi connectivity index (χ0v) is 16.1. The van der Waals surface area contributed by atoms with E-state index < -0.39 is 6.04 Å². The Morgan fingerprint density at radius 1 is 1.10 bits per heavy atom. The Morgan fingerprint density at radius 3 is 2.52 bits per heavy atom. The van der Waals surface area contributed by atoms with Crippen LogP contribution in [0, 0.1) is 12.7 Å². The van der Waals surface area contributed by atoms with Crippen molar-refractivity contribution in [3.8, 4) is 5.69 Å². The minimum Gasteiger partial charge on any atom is -0.338 e. The highest BCUT2D eigenvalue weighted by Crippen LogP contribution is 2.22. The van der Waals surface area contributed by atoms with E-state index >= 15 is 0 Å². The van der Waals surface area contributed by atoms with Crippen LogP contribution in [-0.4, -0.2) is 25.2 Å². The number of hydrogen-bond donors (Lipinski definition) is 1. The molecule has 0 bridgehead atoms. The molecule has 7 heteroatoms. The molecule has 1 atom stereocenters. The lowest BCUT2D eigenvalue weighted by atomic mass is 10.0. The summed E-state index contributed by atoms with van der Waals surface area (Å²) in [5, 5.41) is 7.24. The fourth-order valence-corrected chi connectivity index (χ4v) is 3.25. The predicted octanol–water partition coefficient (Wildman–Crippen LogP) is 3.57. The summed E-state index contributed by atoms with van der Waals surface area (Å²) in [6, 6.07) is 14.7. The minimum atomic E-state index is -0.578. The van der Waals surface area contributed by atoms with E-state index in [1.54, 1.807) is 52.1 Å². The quantitative estimate of drug-likeness (QED) is 0.568. The van der Waals surface area contributed by atoms with Crippen LogP contribution >= 0.6 is 0 Å². The molecule has 2 aromatic heterocycles. The molecule has 4 rings (SSSR count). The van der Waals surface area contributed by atoms with Crippen molar-refractivity contribution >= 4 is 5.91 Å². The number of nitrogens with one attached hydrogen (secondary N) is 1. The lowest BCUT2D eigenvalue weighted by Crippen LogP contribution is -2.31. The summed E-state index contributed by atoms with van der Waals surface area (Å²) in [4.78, 5) is 17.3. The monoisotopic (exact) mass is 389 g/mol. The van der Waals surface area contributed by atoms with Gasteiger partial charge in [0.15, 0.2) is 0 Å². The highest BCUT2D eigenvalue weighted by molar-refractivity contribution is 5.94. The molecule has 29 heavy (non-hydrogen) atoms. The Hall–Kier alpha value is -3.74. The highest BCUT2D eigenvalue weighted by atomic mass is 19.1. The molecular weight excluding hydrogens is 369 g/mol. The van der Waals surface area contributed by atoms with Crippen LogP contribution in [0.2, 0.25) is 0 Å². The topological polar surface area (TPSA) is 64.7 Å². The molecule has 1 amide bonds. The number of carbonyl (C=O) groups is 1. The fourth-order valence-electron chi connectivity index (χ4n) is 3.25. The maximum atomic E-state index is 13.8. The molecule has 0 radical (unpaired) electrons. The first-order valence-electron chi connectivity index (χ1n) is 9.17. The number of halogens is 1. The molecule has 6 nitrogen and oxygen atoms in total. The van der Waals surface area contributed by atoms with Crippen LogP contribution in [0.1, 0.15) is 33.5 Å². The lowest BCUT2D eigenvalue weighted by Gasteiger charge is -2.19. The van der Waals surface area contributed by atoms with Gasteiger partial charge in [0.05, 0.1) is 5.69 Å². The average Bonchev–Trinajstić information content (AvgIpc) is 3.34. The van der Waals surface area contributed by atoms with Crippen molar-refractivity contribution in [2.75, 3.05) is 0 Å². The van der Waals surface area contributed by atoms with E-state index in [1.165, 1.54) is 12.1 Å². The van der Waals surface area contributed by atoms with E-state index in [0.717, 1.165) is 11.4 Å². The largest absolute Gasteiger partial charge is 0.338 e. The summed E-state index contributed by atoms with van der Waals surface area (Å²) in [5.74, 6) is -0.0198. The number of amides is 1. The average molecular weight is 389 g/mol. The molecule has 0 saturated carbocycles. The molecule has 0 aliphatic rings. The van der Waals surface area contributed by atoms with E-state index in [9.17, 15) is 9.18 Å². The van der Waals surface area contributed by atoms with Crippen molar-refractivity contribution < 1.29 is 9.18 Å². The Labute approximate surface area is 167 Å². The van der Waals surface area contributed by atoms with E-state index in [2.05, 4.69) is 15.4 Å². The van der Waals surface area contributed by atoms with Gasteiger partial charge >= 0.3 is 0 Å². The number of rotatable bonds is 5. The lowest BCUT2D eigenvalue weighted by molar-refractivity contribution is 0.0941. The molecule has 0 fully saturated rings. The van der Waals surface area contributed by atoms with Gasteiger partial charge in [0, 0.05) is 36.9 Å². The van der Waals surface area contributed by atoms with Crippen LogP contribution in [0.25, 0.3) is 5.69 Å². The van der Waals surface area contributed by atoms with Crippen LogP contribution in [-0.2, 0) is 7.05 Å². The van der Waals surface area contributed by atoms with Crippen molar-refractivity contribution in [1.82, 2.24) is 24.6 Å². The second-order valence-electron chi connectivity index (χ2n) is 6.79. The number of aryl methyl sites for hydroxylation is 2. The molecule has 0 aliphatic carbocycles. The number of carbonyl (C=O) groups excluding carboxylic acids is 1. The van der Waals surface area contributed by atoms with Crippen molar-refractivity contribution in [3.05, 3.63) is 102 Å². The van der Waals surface area contributed by atoms with Gasteiger partial charge in [-0.25, -0.2) is 14.1 Å². The van der Waals surface area contributed by atoms with Crippen LogP contribution in [0.5, 0.6) is 0 Å². The van der Waals surface area contributed by atoms with Gasteiger partial charge in [-0.15, -0.1) is 0 Å². The molecule has 1 unspecified atom stereocenters. The van der Waals surface area contributed by atoms with Crippen molar-refractivity contribution in [3.63, 3.8) is 0 Å². The maximum Gasteiger partial charge on any atom is 0.252 e. The van der Waals surface area contributed by atoms with E-state index in [4.69, 9.17) is 0 Å². The number of nitrogens with zero attached hydrogens (tertiary/aromatic N) is 4. The third kappa shape index (κ3) is 3.80.